The molecule has 0 amide bonds. The zero-order chi connectivity index (χ0) is 18.5. The minimum absolute atomic E-state index is 0.440. The van der Waals surface area contributed by atoms with E-state index < -0.39 is 0 Å². The molecule has 0 spiro atoms. The predicted molar refractivity (Wildman–Crippen MR) is 102 cm³/mol. The molecule has 0 saturated carbocycles. The van der Waals surface area contributed by atoms with E-state index in [0.29, 0.717) is 29.5 Å². The highest BCUT2D eigenvalue weighted by Gasteiger charge is 2.14. The summed E-state index contributed by atoms with van der Waals surface area (Å²) in [6.07, 6.45) is 4.75. The lowest BCUT2D eigenvalue weighted by Gasteiger charge is -2.30. The average Bonchev–Trinajstić information content (AvgIpc) is 3.07. The Kier molecular flexibility index (Phi) is 5.57. The van der Waals surface area contributed by atoms with E-state index in [-0.39, 0.29) is 0 Å². The fourth-order valence-corrected chi connectivity index (χ4v) is 2.91. The predicted octanol–water partition coefficient (Wildman–Crippen LogP) is 2.42. The van der Waals surface area contributed by atoms with E-state index in [1.807, 2.05) is 0 Å². The molecule has 0 saturated heterocycles. The lowest BCUT2D eigenvalue weighted by atomic mass is 10.2. The zero-order valence-electron chi connectivity index (χ0n) is 15.6. The number of fused-ring (bicyclic) bond motifs is 1. The van der Waals surface area contributed by atoms with Crippen LogP contribution in [-0.4, -0.2) is 60.0 Å². The number of hydrogen-bond donors (Lipinski definition) is 3. The van der Waals surface area contributed by atoms with Crippen LogP contribution in [0.2, 0.25) is 0 Å². The molecule has 9 nitrogen and oxygen atoms in total. The van der Waals surface area contributed by atoms with E-state index >= 15 is 0 Å². The van der Waals surface area contributed by atoms with Crippen molar-refractivity contribution in [2.45, 2.75) is 39.8 Å². The van der Waals surface area contributed by atoms with E-state index in [1.54, 1.807) is 18.6 Å². The number of aromatic amines is 1. The molecule has 3 rings (SSSR count). The highest BCUT2D eigenvalue weighted by atomic mass is 15.2. The average molecular weight is 355 g/mol. The van der Waals surface area contributed by atoms with Crippen LogP contribution in [0.5, 0.6) is 0 Å². The number of hydrogen-bond acceptors (Lipinski definition) is 8. The van der Waals surface area contributed by atoms with Gasteiger partial charge in [0.15, 0.2) is 11.5 Å². The molecule has 9 heteroatoms. The van der Waals surface area contributed by atoms with Gasteiger partial charge in [-0.3, -0.25) is 4.90 Å². The first-order valence-electron chi connectivity index (χ1n) is 8.78. The molecule has 0 aliphatic rings. The fraction of sp³-hybridized carbons (Fsp3) is 0.471. The third kappa shape index (κ3) is 4.23. The van der Waals surface area contributed by atoms with Crippen molar-refractivity contribution in [2.24, 2.45) is 0 Å². The Bertz CT molecular complexity index is 821. The fourth-order valence-electron chi connectivity index (χ4n) is 2.91. The summed E-state index contributed by atoms with van der Waals surface area (Å²) in [5, 5.41) is 6.49. The summed E-state index contributed by atoms with van der Waals surface area (Å²) in [6, 6.07) is 2.74. The molecule has 0 fully saturated rings. The van der Waals surface area contributed by atoms with Gasteiger partial charge in [-0.1, -0.05) is 0 Å². The maximum atomic E-state index is 4.57. The number of rotatable bonds is 8. The van der Waals surface area contributed by atoms with E-state index in [0.717, 1.165) is 24.4 Å². The van der Waals surface area contributed by atoms with Gasteiger partial charge < -0.3 is 15.6 Å². The molecule has 0 bridgehead atoms. The standard InChI is InChI=1S/C17H25N9/c1-11(2)26(12(3)4)8-7-19-15-14-16(22-10-21-14)25-17(24-15)23-13-5-6-18-9-20-13/h5-6,9-12H,7-8H2,1-4H3,(H3,18,19,20,21,22,23,24,25). The van der Waals surface area contributed by atoms with Crippen LogP contribution in [0.3, 0.4) is 0 Å². The van der Waals surface area contributed by atoms with Gasteiger partial charge in [-0.2, -0.15) is 9.97 Å². The van der Waals surface area contributed by atoms with Gasteiger partial charge in [0.05, 0.1) is 6.33 Å². The molecule has 0 aliphatic heterocycles. The Morgan fingerprint density at radius 2 is 1.92 bits per heavy atom. The van der Waals surface area contributed by atoms with E-state index in [4.69, 9.17) is 0 Å². The van der Waals surface area contributed by atoms with Crippen LogP contribution in [0, 0.1) is 0 Å². The third-order valence-corrected chi connectivity index (χ3v) is 4.10. The van der Waals surface area contributed by atoms with Crippen LogP contribution < -0.4 is 10.6 Å². The highest BCUT2D eigenvalue weighted by Crippen LogP contribution is 2.20. The SMILES string of the molecule is CC(C)N(CCNc1nc(Nc2ccncn2)nc2nc[nH]c12)C(C)C. The molecule has 3 heterocycles. The summed E-state index contributed by atoms with van der Waals surface area (Å²) in [4.78, 5) is 26.8. The summed E-state index contributed by atoms with van der Waals surface area (Å²) < 4.78 is 0. The Balaban J connectivity index is 1.75. The Morgan fingerprint density at radius 3 is 2.62 bits per heavy atom. The third-order valence-electron chi connectivity index (χ3n) is 4.10. The Morgan fingerprint density at radius 1 is 1.12 bits per heavy atom. The molecule has 0 radical (unpaired) electrons. The summed E-state index contributed by atoms with van der Waals surface area (Å²) in [7, 11) is 0. The second-order valence-electron chi connectivity index (χ2n) is 6.57. The van der Waals surface area contributed by atoms with Crippen molar-refractivity contribution in [2.75, 3.05) is 23.7 Å². The van der Waals surface area contributed by atoms with Gasteiger partial charge in [0, 0.05) is 31.4 Å². The molecule has 3 aromatic rings. The molecule has 3 N–H and O–H groups in total. The monoisotopic (exact) mass is 355 g/mol. The minimum atomic E-state index is 0.440. The van der Waals surface area contributed by atoms with Crippen LogP contribution >= 0.6 is 0 Å². The van der Waals surface area contributed by atoms with Gasteiger partial charge in [-0.15, -0.1) is 0 Å². The first kappa shape index (κ1) is 18.0. The van der Waals surface area contributed by atoms with Gasteiger partial charge in [0.25, 0.3) is 0 Å². The zero-order valence-corrected chi connectivity index (χ0v) is 15.6. The molecular weight excluding hydrogens is 330 g/mol. The van der Waals surface area contributed by atoms with E-state index in [2.05, 4.69) is 73.1 Å². The molecule has 0 atom stereocenters. The lowest BCUT2D eigenvalue weighted by molar-refractivity contribution is 0.182. The van der Waals surface area contributed by atoms with Crippen molar-refractivity contribution in [1.29, 1.82) is 0 Å². The summed E-state index contributed by atoms with van der Waals surface area (Å²) in [6.45, 7) is 10.5. The van der Waals surface area contributed by atoms with Crippen molar-refractivity contribution >= 4 is 28.7 Å². The Labute approximate surface area is 152 Å². The molecule has 0 aliphatic carbocycles. The summed E-state index contributed by atoms with van der Waals surface area (Å²) in [5.74, 6) is 1.79. The molecule has 0 unspecified atom stereocenters. The number of aromatic nitrogens is 6. The number of anilines is 3. The summed E-state index contributed by atoms with van der Waals surface area (Å²) >= 11 is 0. The number of imidazole rings is 1. The first-order chi connectivity index (χ1) is 12.5. The first-order valence-corrected chi connectivity index (χ1v) is 8.78. The van der Waals surface area contributed by atoms with Crippen LogP contribution in [0.25, 0.3) is 11.2 Å². The van der Waals surface area contributed by atoms with Gasteiger partial charge >= 0.3 is 0 Å². The molecule has 26 heavy (non-hydrogen) atoms. The van der Waals surface area contributed by atoms with Crippen molar-refractivity contribution in [3.05, 3.63) is 24.9 Å². The lowest BCUT2D eigenvalue weighted by Crippen LogP contribution is -2.40. The van der Waals surface area contributed by atoms with Crippen LogP contribution in [-0.2, 0) is 0 Å². The van der Waals surface area contributed by atoms with E-state index in [9.17, 15) is 0 Å². The maximum absolute atomic E-state index is 4.57. The molecule has 3 aromatic heterocycles. The second kappa shape index (κ2) is 8.05. The van der Waals surface area contributed by atoms with Crippen LogP contribution in [0.15, 0.2) is 24.9 Å². The van der Waals surface area contributed by atoms with Gasteiger partial charge in [0.1, 0.15) is 17.7 Å². The molecule has 0 aromatic carbocycles. The topological polar surface area (TPSA) is 108 Å². The van der Waals surface area contributed by atoms with Crippen molar-refractivity contribution in [3.63, 3.8) is 0 Å². The van der Waals surface area contributed by atoms with Crippen molar-refractivity contribution in [3.8, 4) is 0 Å². The minimum Gasteiger partial charge on any atom is -0.367 e. The number of nitrogens with zero attached hydrogens (tertiary/aromatic N) is 6. The van der Waals surface area contributed by atoms with Crippen molar-refractivity contribution in [1.82, 2.24) is 34.8 Å². The smallest absolute Gasteiger partial charge is 0.232 e. The quantitative estimate of drug-likeness (QED) is 0.565. The molecular formula is C17H25N9. The number of nitrogens with one attached hydrogen (secondary N) is 3. The maximum Gasteiger partial charge on any atom is 0.232 e. The Hall–Kier alpha value is -2.81. The highest BCUT2D eigenvalue weighted by molar-refractivity contribution is 5.84. The van der Waals surface area contributed by atoms with Gasteiger partial charge in [0.2, 0.25) is 5.95 Å². The summed E-state index contributed by atoms with van der Waals surface area (Å²) in [5.41, 5.74) is 1.39. The second-order valence-corrected chi connectivity index (χ2v) is 6.57. The van der Waals surface area contributed by atoms with Gasteiger partial charge in [-0.25, -0.2) is 15.0 Å². The van der Waals surface area contributed by atoms with E-state index in [1.165, 1.54) is 6.33 Å². The van der Waals surface area contributed by atoms with Crippen molar-refractivity contribution < 1.29 is 0 Å². The largest absolute Gasteiger partial charge is 0.367 e. The van der Waals surface area contributed by atoms with Gasteiger partial charge in [-0.05, 0) is 33.8 Å². The normalized spacial score (nSPS) is 11.7. The molecule has 138 valence electrons. The van der Waals surface area contributed by atoms with Crippen LogP contribution in [0.1, 0.15) is 27.7 Å². The number of H-pyrrole nitrogens is 1. The van der Waals surface area contributed by atoms with Crippen LogP contribution in [0.4, 0.5) is 17.6 Å².